The van der Waals surface area contributed by atoms with E-state index in [0.717, 1.165) is 14.2 Å². The van der Waals surface area contributed by atoms with Gasteiger partial charge >= 0.3 is 10.2 Å². The molecular weight excluding hydrogens is 535 g/mol. The van der Waals surface area contributed by atoms with Gasteiger partial charge in [0.05, 0.1) is 15.7 Å². The molecule has 11 heteroatoms. The van der Waals surface area contributed by atoms with Gasteiger partial charge in [0.15, 0.2) is 0 Å². The van der Waals surface area contributed by atoms with Crippen molar-refractivity contribution in [2.75, 3.05) is 31.5 Å². The summed E-state index contributed by atoms with van der Waals surface area (Å²) in [6.45, 7) is 9.18. The molecule has 0 aliphatic heterocycles. The zero-order chi connectivity index (χ0) is 28.1. The summed E-state index contributed by atoms with van der Waals surface area (Å²) in [7, 11) is -1.21. The first-order valence-corrected chi connectivity index (χ1v) is 14.1. The standard InChI is InChI=1S/C26H36Cl2N4O4S/c1-17(2)14-29-26(34)20(5)31(15-21-10-11-22(27)23(28)13-21)25(33)16-32(37(35,36)30(6)7)24-12-18(3)8-9-19(24)4/h8-13,17,20H,14-16H2,1-7H3,(H,29,34). The van der Waals surface area contributed by atoms with E-state index in [0.29, 0.717) is 33.4 Å². The van der Waals surface area contributed by atoms with Crippen molar-refractivity contribution in [2.24, 2.45) is 5.92 Å². The molecule has 0 radical (unpaired) electrons. The fourth-order valence-corrected chi connectivity index (χ4v) is 4.99. The summed E-state index contributed by atoms with van der Waals surface area (Å²) in [5.74, 6) is -0.652. The van der Waals surface area contributed by atoms with Crippen LogP contribution in [0.5, 0.6) is 0 Å². The van der Waals surface area contributed by atoms with Crippen molar-refractivity contribution in [1.82, 2.24) is 14.5 Å². The summed E-state index contributed by atoms with van der Waals surface area (Å²) in [6, 6.07) is 9.49. The van der Waals surface area contributed by atoms with Crippen LogP contribution in [0.3, 0.4) is 0 Å². The number of nitrogens with one attached hydrogen (secondary N) is 1. The Morgan fingerprint density at radius 3 is 2.19 bits per heavy atom. The number of rotatable bonds is 11. The smallest absolute Gasteiger partial charge is 0.304 e. The summed E-state index contributed by atoms with van der Waals surface area (Å²) in [5.41, 5.74) is 2.59. The van der Waals surface area contributed by atoms with Gasteiger partial charge in [-0.2, -0.15) is 12.7 Å². The first-order chi connectivity index (χ1) is 17.1. The lowest BCUT2D eigenvalue weighted by Gasteiger charge is -2.33. The van der Waals surface area contributed by atoms with E-state index in [4.69, 9.17) is 23.2 Å². The Balaban J connectivity index is 2.51. The van der Waals surface area contributed by atoms with Crippen LogP contribution in [0.15, 0.2) is 36.4 Å². The number of amides is 2. The first-order valence-electron chi connectivity index (χ1n) is 11.9. The van der Waals surface area contributed by atoms with Crippen LogP contribution in [0.4, 0.5) is 5.69 Å². The second-order valence-electron chi connectivity index (χ2n) is 9.67. The minimum Gasteiger partial charge on any atom is -0.354 e. The number of anilines is 1. The van der Waals surface area contributed by atoms with Crippen LogP contribution in [0, 0.1) is 19.8 Å². The molecule has 1 unspecified atom stereocenters. The molecule has 0 heterocycles. The number of hydrogen-bond donors (Lipinski definition) is 1. The van der Waals surface area contributed by atoms with Crippen molar-refractivity contribution in [2.45, 2.75) is 47.2 Å². The molecule has 2 rings (SSSR count). The highest BCUT2D eigenvalue weighted by molar-refractivity contribution is 7.90. The van der Waals surface area contributed by atoms with Crippen molar-refractivity contribution in [1.29, 1.82) is 0 Å². The molecule has 0 bridgehead atoms. The molecule has 0 aromatic heterocycles. The number of carbonyl (C=O) groups excluding carboxylic acids is 2. The van der Waals surface area contributed by atoms with Crippen molar-refractivity contribution >= 4 is 50.9 Å². The van der Waals surface area contributed by atoms with E-state index in [1.165, 1.54) is 19.0 Å². The molecular formula is C26H36Cl2N4O4S. The number of aryl methyl sites for hydroxylation is 2. The number of benzene rings is 2. The second kappa shape index (κ2) is 13.0. The van der Waals surface area contributed by atoms with E-state index in [1.807, 2.05) is 32.9 Å². The average Bonchev–Trinajstić information content (AvgIpc) is 2.82. The number of halogens is 2. The van der Waals surface area contributed by atoms with E-state index >= 15 is 0 Å². The van der Waals surface area contributed by atoms with E-state index in [-0.39, 0.29) is 18.4 Å². The van der Waals surface area contributed by atoms with Crippen molar-refractivity contribution in [3.63, 3.8) is 0 Å². The lowest BCUT2D eigenvalue weighted by Crippen LogP contribution is -2.52. The van der Waals surface area contributed by atoms with E-state index in [9.17, 15) is 18.0 Å². The predicted octanol–water partition coefficient (Wildman–Crippen LogP) is 4.41. The molecule has 0 aliphatic rings. The summed E-state index contributed by atoms with van der Waals surface area (Å²) in [6.07, 6.45) is 0. The molecule has 1 atom stereocenters. The minimum atomic E-state index is -4.03. The van der Waals surface area contributed by atoms with E-state index < -0.39 is 28.7 Å². The summed E-state index contributed by atoms with van der Waals surface area (Å²) < 4.78 is 28.8. The molecule has 0 fully saturated rings. The van der Waals surface area contributed by atoms with E-state index in [1.54, 1.807) is 38.1 Å². The van der Waals surface area contributed by atoms with Gasteiger partial charge in [-0.1, -0.05) is 55.2 Å². The summed E-state index contributed by atoms with van der Waals surface area (Å²) in [4.78, 5) is 28.1. The van der Waals surface area contributed by atoms with Gasteiger partial charge in [-0.25, -0.2) is 4.31 Å². The van der Waals surface area contributed by atoms with Gasteiger partial charge in [0, 0.05) is 27.2 Å². The molecule has 0 saturated heterocycles. The summed E-state index contributed by atoms with van der Waals surface area (Å²) in [5, 5.41) is 3.53. The molecule has 204 valence electrons. The zero-order valence-corrected chi connectivity index (χ0v) is 24.7. The number of carbonyl (C=O) groups is 2. The maximum Gasteiger partial charge on any atom is 0.304 e. The third-order valence-electron chi connectivity index (χ3n) is 5.84. The van der Waals surface area contributed by atoms with Gasteiger partial charge in [0.1, 0.15) is 12.6 Å². The Hall–Kier alpha value is -2.33. The molecule has 0 spiro atoms. The predicted molar refractivity (Wildman–Crippen MR) is 150 cm³/mol. The monoisotopic (exact) mass is 570 g/mol. The van der Waals surface area contributed by atoms with Crippen LogP contribution in [-0.4, -0.2) is 62.7 Å². The summed E-state index contributed by atoms with van der Waals surface area (Å²) >= 11 is 12.2. The van der Waals surface area contributed by atoms with Crippen LogP contribution >= 0.6 is 23.2 Å². The molecule has 0 saturated carbocycles. The zero-order valence-electron chi connectivity index (χ0n) is 22.4. The minimum absolute atomic E-state index is 0.0363. The van der Waals surface area contributed by atoms with Gasteiger partial charge in [-0.3, -0.25) is 9.59 Å². The van der Waals surface area contributed by atoms with Crippen molar-refractivity contribution in [3.05, 3.63) is 63.1 Å². The molecule has 1 N–H and O–H groups in total. The Labute approximate surface area is 230 Å². The Kier molecular flexibility index (Phi) is 10.8. The van der Waals surface area contributed by atoms with Crippen LogP contribution in [0.2, 0.25) is 10.0 Å². The van der Waals surface area contributed by atoms with E-state index in [2.05, 4.69) is 5.32 Å². The lowest BCUT2D eigenvalue weighted by atomic mass is 10.1. The maximum atomic E-state index is 13.8. The van der Waals surface area contributed by atoms with Gasteiger partial charge in [-0.15, -0.1) is 0 Å². The average molecular weight is 572 g/mol. The highest BCUT2D eigenvalue weighted by Crippen LogP contribution is 2.27. The van der Waals surface area contributed by atoms with Crippen LogP contribution < -0.4 is 9.62 Å². The highest BCUT2D eigenvalue weighted by Gasteiger charge is 2.33. The largest absolute Gasteiger partial charge is 0.354 e. The number of hydrogen-bond acceptors (Lipinski definition) is 4. The fraction of sp³-hybridized carbons (Fsp3) is 0.462. The topological polar surface area (TPSA) is 90.0 Å². The van der Waals surface area contributed by atoms with Crippen LogP contribution in [-0.2, 0) is 26.3 Å². The molecule has 2 aromatic rings. The molecule has 2 aromatic carbocycles. The molecule has 37 heavy (non-hydrogen) atoms. The van der Waals surface area contributed by atoms with Crippen LogP contribution in [0.25, 0.3) is 0 Å². The molecule has 8 nitrogen and oxygen atoms in total. The van der Waals surface area contributed by atoms with Gasteiger partial charge in [0.2, 0.25) is 11.8 Å². The quantitative estimate of drug-likeness (QED) is 0.433. The van der Waals surface area contributed by atoms with Gasteiger partial charge in [-0.05, 0) is 61.6 Å². The Morgan fingerprint density at radius 1 is 0.973 bits per heavy atom. The highest BCUT2D eigenvalue weighted by atomic mass is 35.5. The maximum absolute atomic E-state index is 13.8. The third kappa shape index (κ3) is 8.07. The molecule has 0 aliphatic carbocycles. The normalized spacial score (nSPS) is 12.5. The second-order valence-corrected chi connectivity index (χ2v) is 12.6. The van der Waals surface area contributed by atoms with Crippen LogP contribution in [0.1, 0.15) is 37.5 Å². The van der Waals surface area contributed by atoms with Crippen molar-refractivity contribution < 1.29 is 18.0 Å². The SMILES string of the molecule is Cc1ccc(C)c(N(CC(=O)N(Cc2ccc(Cl)c(Cl)c2)C(C)C(=O)NCC(C)C)S(=O)(=O)N(C)C)c1. The fourth-order valence-electron chi connectivity index (χ4n) is 3.56. The molecule has 2 amide bonds. The first kappa shape index (κ1) is 30.9. The van der Waals surface area contributed by atoms with Gasteiger partial charge < -0.3 is 10.2 Å². The Bertz CT molecular complexity index is 1240. The number of nitrogens with zero attached hydrogens (tertiary/aromatic N) is 3. The van der Waals surface area contributed by atoms with Crippen molar-refractivity contribution in [3.8, 4) is 0 Å². The third-order valence-corrected chi connectivity index (χ3v) is 8.39. The Morgan fingerprint density at radius 2 is 1.62 bits per heavy atom. The van der Waals surface area contributed by atoms with Gasteiger partial charge in [0.25, 0.3) is 0 Å². The lowest BCUT2D eigenvalue weighted by molar-refractivity contribution is -0.139.